The van der Waals surface area contributed by atoms with Crippen molar-refractivity contribution in [2.75, 3.05) is 19.6 Å². The Morgan fingerprint density at radius 2 is 2.17 bits per heavy atom. The molecule has 0 unspecified atom stereocenters. The van der Waals surface area contributed by atoms with Crippen LogP contribution in [-0.2, 0) is 16.1 Å². The Morgan fingerprint density at radius 1 is 1.39 bits per heavy atom. The fraction of sp³-hybridized carbons (Fsp3) is 0.706. The molecule has 1 aromatic rings. The van der Waals surface area contributed by atoms with Crippen LogP contribution in [0.4, 0.5) is 0 Å². The number of amides is 2. The topological polar surface area (TPSA) is 58.4 Å². The van der Waals surface area contributed by atoms with Crippen LogP contribution >= 0.6 is 0 Å². The molecule has 1 aliphatic heterocycles. The van der Waals surface area contributed by atoms with E-state index >= 15 is 0 Å². The number of rotatable bonds is 6. The maximum atomic E-state index is 12.8. The van der Waals surface area contributed by atoms with E-state index in [1.807, 2.05) is 33.7 Å². The summed E-state index contributed by atoms with van der Waals surface area (Å²) in [6, 6.07) is 2.26. The van der Waals surface area contributed by atoms with Crippen LogP contribution in [-0.4, -0.2) is 57.1 Å². The second kappa shape index (κ2) is 7.15. The van der Waals surface area contributed by atoms with Gasteiger partial charge in [-0.1, -0.05) is 12.8 Å². The van der Waals surface area contributed by atoms with Gasteiger partial charge in [0, 0.05) is 44.5 Å². The molecule has 126 valence electrons. The first-order valence-electron chi connectivity index (χ1n) is 8.74. The minimum absolute atomic E-state index is 0.119. The predicted octanol–water partition coefficient (Wildman–Crippen LogP) is 1.52. The zero-order chi connectivity index (χ0) is 16.2. The summed E-state index contributed by atoms with van der Waals surface area (Å²) in [5, 5.41) is 4.17. The summed E-state index contributed by atoms with van der Waals surface area (Å²) in [7, 11) is 0. The SMILES string of the molecule is CCN(CCn1cccn1)C(=O)[C@H]1CC(=O)N(C2CCCC2)C1. The Kier molecular flexibility index (Phi) is 4.98. The van der Waals surface area contributed by atoms with Crippen LogP contribution in [0.15, 0.2) is 18.5 Å². The number of aromatic nitrogens is 2. The lowest BCUT2D eigenvalue weighted by molar-refractivity contribution is -0.135. The molecule has 0 radical (unpaired) electrons. The first kappa shape index (κ1) is 16.0. The zero-order valence-corrected chi connectivity index (χ0v) is 13.9. The highest BCUT2D eigenvalue weighted by Gasteiger charge is 2.39. The van der Waals surface area contributed by atoms with E-state index in [2.05, 4.69) is 5.10 Å². The number of carbonyl (C=O) groups is 2. The predicted molar refractivity (Wildman–Crippen MR) is 86.6 cm³/mol. The normalized spacial score (nSPS) is 22.0. The Bertz CT molecular complexity index is 537. The van der Waals surface area contributed by atoms with Gasteiger partial charge in [0.2, 0.25) is 11.8 Å². The van der Waals surface area contributed by atoms with Gasteiger partial charge in [-0.05, 0) is 25.8 Å². The molecular weight excluding hydrogens is 292 g/mol. The maximum absolute atomic E-state index is 12.8. The molecule has 1 saturated carbocycles. The van der Waals surface area contributed by atoms with Crippen molar-refractivity contribution < 1.29 is 9.59 Å². The minimum atomic E-state index is -0.166. The fourth-order valence-corrected chi connectivity index (χ4v) is 3.80. The van der Waals surface area contributed by atoms with Gasteiger partial charge in [-0.25, -0.2) is 0 Å². The number of likely N-dealkylation sites (tertiary alicyclic amines) is 1. The summed E-state index contributed by atoms with van der Waals surface area (Å²) in [4.78, 5) is 28.9. The zero-order valence-electron chi connectivity index (χ0n) is 13.9. The van der Waals surface area contributed by atoms with Crippen molar-refractivity contribution in [1.29, 1.82) is 0 Å². The van der Waals surface area contributed by atoms with E-state index in [1.165, 1.54) is 12.8 Å². The van der Waals surface area contributed by atoms with Gasteiger partial charge in [-0.3, -0.25) is 14.3 Å². The molecule has 2 aliphatic rings. The Morgan fingerprint density at radius 3 is 2.83 bits per heavy atom. The van der Waals surface area contributed by atoms with Crippen molar-refractivity contribution in [1.82, 2.24) is 19.6 Å². The van der Waals surface area contributed by atoms with Gasteiger partial charge in [0.15, 0.2) is 0 Å². The second-order valence-corrected chi connectivity index (χ2v) is 6.57. The summed E-state index contributed by atoms with van der Waals surface area (Å²) in [5.41, 5.74) is 0. The molecule has 1 aliphatic carbocycles. The highest BCUT2D eigenvalue weighted by Crippen LogP contribution is 2.30. The van der Waals surface area contributed by atoms with Gasteiger partial charge < -0.3 is 9.80 Å². The molecule has 0 spiro atoms. The fourth-order valence-electron chi connectivity index (χ4n) is 3.80. The van der Waals surface area contributed by atoms with Crippen molar-refractivity contribution in [3.8, 4) is 0 Å². The summed E-state index contributed by atoms with van der Waals surface area (Å²) in [6.07, 6.45) is 8.64. The molecule has 1 aromatic heterocycles. The van der Waals surface area contributed by atoms with Crippen molar-refractivity contribution in [3.63, 3.8) is 0 Å². The molecule has 0 aromatic carbocycles. The van der Waals surface area contributed by atoms with Crippen LogP contribution in [0.5, 0.6) is 0 Å². The quantitative estimate of drug-likeness (QED) is 0.799. The lowest BCUT2D eigenvalue weighted by Crippen LogP contribution is -2.40. The molecule has 23 heavy (non-hydrogen) atoms. The molecule has 2 heterocycles. The molecule has 1 saturated heterocycles. The number of carbonyl (C=O) groups excluding carboxylic acids is 2. The summed E-state index contributed by atoms with van der Waals surface area (Å²) >= 11 is 0. The third-order valence-corrected chi connectivity index (χ3v) is 5.12. The van der Waals surface area contributed by atoms with E-state index in [9.17, 15) is 9.59 Å². The van der Waals surface area contributed by atoms with Crippen LogP contribution < -0.4 is 0 Å². The standard InChI is InChI=1S/C17H26N4O2/c1-2-19(10-11-20-9-5-8-18-20)17(23)14-12-16(22)21(13-14)15-6-3-4-7-15/h5,8-9,14-15H,2-4,6-7,10-13H2,1H3/t14-/m0/s1. The second-order valence-electron chi connectivity index (χ2n) is 6.57. The van der Waals surface area contributed by atoms with E-state index in [0.717, 1.165) is 12.8 Å². The Hall–Kier alpha value is -1.85. The van der Waals surface area contributed by atoms with Gasteiger partial charge in [-0.15, -0.1) is 0 Å². The monoisotopic (exact) mass is 318 g/mol. The van der Waals surface area contributed by atoms with Crippen LogP contribution in [0.25, 0.3) is 0 Å². The smallest absolute Gasteiger partial charge is 0.228 e. The van der Waals surface area contributed by atoms with Gasteiger partial charge in [0.1, 0.15) is 0 Å². The van der Waals surface area contributed by atoms with E-state index in [-0.39, 0.29) is 17.7 Å². The lowest BCUT2D eigenvalue weighted by atomic mass is 10.1. The van der Waals surface area contributed by atoms with Gasteiger partial charge >= 0.3 is 0 Å². The Balaban J connectivity index is 1.56. The average Bonchev–Trinajstić information content (AvgIpc) is 3.28. The van der Waals surface area contributed by atoms with Gasteiger partial charge in [0.05, 0.1) is 12.5 Å². The first-order chi connectivity index (χ1) is 11.2. The van der Waals surface area contributed by atoms with Crippen molar-refractivity contribution >= 4 is 11.8 Å². The minimum Gasteiger partial charge on any atom is -0.341 e. The van der Waals surface area contributed by atoms with Crippen LogP contribution in [0.1, 0.15) is 39.0 Å². The molecule has 0 N–H and O–H groups in total. The molecule has 1 atom stereocenters. The third kappa shape index (κ3) is 3.57. The molecule has 2 amide bonds. The molecule has 2 fully saturated rings. The first-order valence-corrected chi connectivity index (χ1v) is 8.74. The van der Waals surface area contributed by atoms with Crippen molar-refractivity contribution in [2.45, 2.75) is 51.6 Å². The van der Waals surface area contributed by atoms with E-state index < -0.39 is 0 Å². The molecule has 0 bridgehead atoms. The van der Waals surface area contributed by atoms with Crippen LogP contribution in [0.2, 0.25) is 0 Å². The number of likely N-dealkylation sites (N-methyl/N-ethyl adjacent to an activating group) is 1. The number of hydrogen-bond acceptors (Lipinski definition) is 3. The molecule has 3 rings (SSSR count). The van der Waals surface area contributed by atoms with E-state index in [1.54, 1.807) is 6.20 Å². The highest BCUT2D eigenvalue weighted by molar-refractivity contribution is 5.89. The molecular formula is C17H26N4O2. The van der Waals surface area contributed by atoms with Crippen LogP contribution in [0.3, 0.4) is 0 Å². The largest absolute Gasteiger partial charge is 0.341 e. The van der Waals surface area contributed by atoms with Gasteiger partial charge in [-0.2, -0.15) is 5.10 Å². The van der Waals surface area contributed by atoms with E-state index in [0.29, 0.717) is 38.6 Å². The van der Waals surface area contributed by atoms with Crippen molar-refractivity contribution in [2.24, 2.45) is 5.92 Å². The third-order valence-electron chi connectivity index (χ3n) is 5.12. The van der Waals surface area contributed by atoms with Crippen LogP contribution in [0, 0.1) is 5.92 Å². The summed E-state index contributed by atoms with van der Waals surface area (Å²) < 4.78 is 1.83. The average molecular weight is 318 g/mol. The molecule has 6 heteroatoms. The maximum Gasteiger partial charge on any atom is 0.228 e. The van der Waals surface area contributed by atoms with Crippen molar-refractivity contribution in [3.05, 3.63) is 18.5 Å². The highest BCUT2D eigenvalue weighted by atomic mass is 16.2. The number of nitrogens with zero attached hydrogens (tertiary/aromatic N) is 4. The summed E-state index contributed by atoms with van der Waals surface area (Å²) in [5.74, 6) is 0.118. The molecule has 6 nitrogen and oxygen atoms in total. The summed E-state index contributed by atoms with van der Waals surface area (Å²) in [6.45, 7) is 4.62. The van der Waals surface area contributed by atoms with Gasteiger partial charge in [0.25, 0.3) is 0 Å². The lowest BCUT2D eigenvalue weighted by Gasteiger charge is -2.26. The van der Waals surface area contributed by atoms with E-state index in [4.69, 9.17) is 0 Å². The number of hydrogen-bond donors (Lipinski definition) is 0. The Labute approximate surface area is 137 Å².